The average molecular weight is 867 g/mol. The van der Waals surface area contributed by atoms with Gasteiger partial charge >= 0.3 is 12.1 Å². The molecule has 7 heterocycles. The molecule has 5 aromatic rings. The molecule has 2 aromatic heterocycles. The van der Waals surface area contributed by atoms with Crippen molar-refractivity contribution in [2.24, 2.45) is 5.92 Å². The Morgan fingerprint density at radius 2 is 1.59 bits per heavy atom. The van der Waals surface area contributed by atoms with Crippen molar-refractivity contribution in [2.45, 2.75) is 56.5 Å². The van der Waals surface area contributed by atoms with Crippen LogP contribution in [0.3, 0.4) is 0 Å². The van der Waals surface area contributed by atoms with E-state index in [-0.39, 0.29) is 30.2 Å². The number of halogens is 3. The average Bonchev–Trinajstić information content (AvgIpc) is 3.78. The van der Waals surface area contributed by atoms with Crippen molar-refractivity contribution >= 4 is 46.2 Å². The zero-order valence-corrected chi connectivity index (χ0v) is 34.1. The first-order valence-electron chi connectivity index (χ1n) is 20.9. The number of likely N-dealkylation sites (tertiary alicyclic amines) is 2. The van der Waals surface area contributed by atoms with E-state index in [1.165, 1.54) is 6.33 Å². The highest BCUT2D eigenvalue weighted by molar-refractivity contribution is 6.05. The molecular weight excluding hydrogens is 822 g/mol. The van der Waals surface area contributed by atoms with Crippen LogP contribution >= 0.6 is 0 Å². The van der Waals surface area contributed by atoms with Gasteiger partial charge in [-0.3, -0.25) is 29.5 Å². The number of aliphatic carboxylic acids is 1. The van der Waals surface area contributed by atoms with E-state index < -0.39 is 18.2 Å². The molecule has 5 aliphatic heterocycles. The number of hydrogen-bond acceptors (Lipinski definition) is 12. The number of aromatic nitrogens is 4. The number of piperidine rings is 2. The molecule has 0 saturated carbocycles. The lowest BCUT2D eigenvalue weighted by Crippen LogP contribution is -2.63. The number of anilines is 2. The zero-order chi connectivity index (χ0) is 44.0. The number of hydrogen-bond donors (Lipinski definition) is 3. The number of rotatable bonds is 9. The van der Waals surface area contributed by atoms with Gasteiger partial charge in [-0.2, -0.15) is 18.3 Å². The number of fused-ring (bicyclic) bond motifs is 2. The summed E-state index contributed by atoms with van der Waals surface area (Å²) >= 11 is 0. The number of para-hydroxylation sites is 1. The summed E-state index contributed by atoms with van der Waals surface area (Å²) in [4.78, 5) is 64.2. The molecular formula is C44H45F3N10O6. The number of nitrogens with zero attached hydrogens (tertiary/aromatic N) is 8. The molecule has 1 atom stereocenters. The van der Waals surface area contributed by atoms with E-state index in [1.807, 2.05) is 66.7 Å². The van der Waals surface area contributed by atoms with Gasteiger partial charge in [-0.1, -0.05) is 18.2 Å². The number of amides is 3. The Bertz CT molecular complexity index is 2540. The second-order valence-corrected chi connectivity index (χ2v) is 16.6. The lowest BCUT2D eigenvalue weighted by molar-refractivity contribution is -0.192. The number of carbonyl (C=O) groups excluding carboxylic acids is 3. The first kappa shape index (κ1) is 41.7. The molecule has 328 valence electrons. The largest absolute Gasteiger partial charge is 0.490 e. The summed E-state index contributed by atoms with van der Waals surface area (Å²) in [5.41, 5.74) is 11.7. The molecule has 4 fully saturated rings. The minimum Gasteiger partial charge on any atom is -0.475 e. The number of nitrogens with two attached hydrogens (primary N) is 1. The number of nitrogens with one attached hydrogen (secondary N) is 1. The molecule has 5 aliphatic rings. The second kappa shape index (κ2) is 16.9. The fourth-order valence-corrected chi connectivity index (χ4v) is 9.19. The quantitative estimate of drug-likeness (QED) is 0.173. The predicted octanol–water partition coefficient (Wildman–Crippen LogP) is 4.72. The molecule has 0 bridgehead atoms. The van der Waals surface area contributed by atoms with Gasteiger partial charge in [0.25, 0.3) is 5.91 Å². The maximum Gasteiger partial charge on any atom is 0.490 e. The van der Waals surface area contributed by atoms with Gasteiger partial charge in [-0.05, 0) is 79.4 Å². The number of benzene rings is 3. The van der Waals surface area contributed by atoms with Crippen molar-refractivity contribution < 1.29 is 42.2 Å². The molecule has 4 saturated heterocycles. The van der Waals surface area contributed by atoms with Crippen LogP contribution in [0.1, 0.15) is 47.6 Å². The van der Waals surface area contributed by atoms with E-state index in [2.05, 4.69) is 40.7 Å². The summed E-state index contributed by atoms with van der Waals surface area (Å²) in [6, 6.07) is 23.9. The van der Waals surface area contributed by atoms with Crippen LogP contribution in [0.15, 0.2) is 79.1 Å². The maximum absolute atomic E-state index is 13.1. The van der Waals surface area contributed by atoms with E-state index >= 15 is 0 Å². The molecule has 10 rings (SSSR count). The van der Waals surface area contributed by atoms with Crippen molar-refractivity contribution in [1.82, 2.24) is 39.8 Å². The number of nitrogen functional groups attached to an aromatic ring is 1. The van der Waals surface area contributed by atoms with Gasteiger partial charge in [0.2, 0.25) is 11.8 Å². The Kier molecular flexibility index (Phi) is 11.2. The van der Waals surface area contributed by atoms with Crippen LogP contribution < -0.4 is 20.7 Å². The number of carboxylic acids is 1. The monoisotopic (exact) mass is 866 g/mol. The molecule has 16 nitrogen and oxygen atoms in total. The Morgan fingerprint density at radius 1 is 0.889 bits per heavy atom. The van der Waals surface area contributed by atoms with Crippen molar-refractivity contribution in [1.29, 1.82) is 0 Å². The standard InChI is InChI=1S/C42H44N10O4.C2HF3O2/c43-39-37-38(27-6-9-33(10-7-27)56-32-4-2-1-3-5-32)47-52(40(37)45-25-44-39)29-14-16-49(17-15-29)31-23-48(24-31)19-26-20-50(21-26)30-8-11-34-28(18-30)22-51(42(34)55)35-12-13-36(53)46-41(35)54;3-2(4,5)1(6)7/h1-11,18,25-26,29,31,35H,12-17,19-24H2,(H2,43,44,45)(H,46,53,54);(H,6,7). The van der Waals surface area contributed by atoms with Gasteiger partial charge in [0.1, 0.15) is 35.4 Å². The van der Waals surface area contributed by atoms with E-state index in [1.54, 1.807) is 4.90 Å². The summed E-state index contributed by atoms with van der Waals surface area (Å²) in [6.45, 7) is 7.72. The molecule has 19 heteroatoms. The van der Waals surface area contributed by atoms with Crippen LogP contribution in [0, 0.1) is 5.92 Å². The van der Waals surface area contributed by atoms with Gasteiger partial charge in [0, 0.05) is 87.6 Å². The first-order valence-corrected chi connectivity index (χ1v) is 20.9. The van der Waals surface area contributed by atoms with Gasteiger partial charge in [-0.15, -0.1) is 0 Å². The summed E-state index contributed by atoms with van der Waals surface area (Å²) in [6.07, 6.45) is -0.929. The fourth-order valence-electron chi connectivity index (χ4n) is 9.19. The molecule has 1 unspecified atom stereocenters. The Labute approximate surface area is 359 Å². The lowest BCUT2D eigenvalue weighted by atomic mass is 9.94. The molecule has 4 N–H and O–H groups in total. The highest BCUT2D eigenvalue weighted by Gasteiger charge is 2.41. The Hall–Kier alpha value is -6.60. The Morgan fingerprint density at radius 3 is 2.27 bits per heavy atom. The van der Waals surface area contributed by atoms with Crippen molar-refractivity contribution in [3.05, 3.63) is 90.3 Å². The highest BCUT2D eigenvalue weighted by Crippen LogP contribution is 2.37. The van der Waals surface area contributed by atoms with Gasteiger partial charge in [-0.25, -0.2) is 19.4 Å². The van der Waals surface area contributed by atoms with E-state index in [0.29, 0.717) is 36.3 Å². The van der Waals surface area contributed by atoms with Gasteiger partial charge in [0.15, 0.2) is 5.65 Å². The smallest absolute Gasteiger partial charge is 0.475 e. The normalized spacial score (nSPS) is 20.2. The summed E-state index contributed by atoms with van der Waals surface area (Å²) in [5, 5.41) is 15.4. The maximum atomic E-state index is 13.1. The van der Waals surface area contributed by atoms with Crippen LogP contribution in [0.2, 0.25) is 0 Å². The third kappa shape index (κ3) is 8.62. The third-order valence-corrected chi connectivity index (χ3v) is 12.5. The predicted molar refractivity (Wildman–Crippen MR) is 224 cm³/mol. The number of carboxylic acid groups (broad SMARTS) is 1. The van der Waals surface area contributed by atoms with Crippen molar-refractivity contribution in [2.75, 3.05) is 56.4 Å². The van der Waals surface area contributed by atoms with E-state index in [0.717, 1.165) is 104 Å². The summed E-state index contributed by atoms with van der Waals surface area (Å²) < 4.78 is 39.8. The first-order chi connectivity index (χ1) is 30.3. The topological polar surface area (TPSA) is 192 Å². The van der Waals surface area contributed by atoms with Crippen LogP contribution in [0.25, 0.3) is 22.3 Å². The number of alkyl halides is 3. The van der Waals surface area contributed by atoms with Gasteiger partial charge < -0.3 is 25.4 Å². The Balaban J connectivity index is 0.000000667. The minimum absolute atomic E-state index is 0.129. The van der Waals surface area contributed by atoms with Crippen LogP contribution in [0.5, 0.6) is 11.5 Å². The number of carbonyl (C=O) groups is 4. The SMILES string of the molecule is Nc1ncnc2c1c(-c1ccc(Oc3ccccc3)cc1)nn2C1CCN(C2CN(CC3CN(c4ccc5c(c4)CN(C4CCC(=O)NC4=O)C5=O)C3)C2)CC1.O=C(O)C(F)(F)F. The minimum atomic E-state index is -5.08. The molecule has 3 aromatic carbocycles. The molecule has 0 aliphatic carbocycles. The number of imide groups is 1. The third-order valence-electron chi connectivity index (χ3n) is 12.5. The van der Waals surface area contributed by atoms with E-state index in [9.17, 15) is 27.6 Å². The van der Waals surface area contributed by atoms with Crippen LogP contribution in [-0.4, -0.2) is 127 Å². The van der Waals surface area contributed by atoms with Crippen LogP contribution in [0.4, 0.5) is 24.7 Å². The second-order valence-electron chi connectivity index (χ2n) is 16.6. The number of ether oxygens (including phenoxy) is 1. The molecule has 0 spiro atoms. The lowest BCUT2D eigenvalue weighted by Gasteiger charge is -2.51. The molecule has 3 amide bonds. The summed E-state index contributed by atoms with van der Waals surface area (Å²) in [7, 11) is 0. The molecule has 63 heavy (non-hydrogen) atoms. The fraction of sp³-hybridized carbons (Fsp3) is 0.386. The van der Waals surface area contributed by atoms with Gasteiger partial charge in [0.05, 0.1) is 11.4 Å². The van der Waals surface area contributed by atoms with Crippen molar-refractivity contribution in [3.63, 3.8) is 0 Å². The molecule has 0 radical (unpaired) electrons. The summed E-state index contributed by atoms with van der Waals surface area (Å²) in [5.74, 6) is -0.949. The van der Waals surface area contributed by atoms with Crippen molar-refractivity contribution in [3.8, 4) is 22.8 Å². The van der Waals surface area contributed by atoms with Crippen LogP contribution in [-0.2, 0) is 20.9 Å². The van der Waals surface area contributed by atoms with E-state index in [4.69, 9.17) is 25.5 Å². The highest BCUT2D eigenvalue weighted by atomic mass is 19.4. The zero-order valence-electron chi connectivity index (χ0n) is 34.1.